The van der Waals surface area contributed by atoms with Crippen molar-refractivity contribution in [1.29, 1.82) is 0 Å². The van der Waals surface area contributed by atoms with E-state index in [2.05, 4.69) is 4.98 Å². The van der Waals surface area contributed by atoms with Crippen molar-refractivity contribution in [2.24, 2.45) is 0 Å². The first-order valence-electron chi connectivity index (χ1n) is 2.39. The van der Waals surface area contributed by atoms with Crippen LogP contribution in [0.3, 0.4) is 0 Å². The Bertz CT molecular complexity index is 276. The van der Waals surface area contributed by atoms with Crippen LogP contribution in [0.2, 0.25) is 0 Å². The topological polar surface area (TPSA) is 12.9 Å². The maximum absolute atomic E-state index is 12.0. The molecule has 0 atom stereocenters. The Morgan fingerprint density at radius 3 is 1.33 bits per heavy atom. The minimum Gasteiger partial charge on any atom is -0.200 e. The maximum Gasteiger partial charge on any atom is 0.254 e. The Labute approximate surface area is 70.7 Å². The summed E-state index contributed by atoms with van der Waals surface area (Å²) in [7, 11) is 0. The molecule has 0 radical (unpaired) electrons. The predicted octanol–water partition coefficient (Wildman–Crippen LogP) is 1.89. The molecule has 0 saturated heterocycles. The molecule has 0 saturated carbocycles. The number of aromatic nitrogens is 1. The molecule has 0 amide bonds. The van der Waals surface area contributed by atoms with E-state index in [1.165, 1.54) is 0 Å². The molecule has 12 heavy (non-hydrogen) atoms. The van der Waals surface area contributed by atoms with Gasteiger partial charge >= 0.3 is 0 Å². The van der Waals surface area contributed by atoms with E-state index in [1.807, 2.05) is 0 Å². The summed E-state index contributed by atoms with van der Waals surface area (Å²) in [5.41, 5.74) is 0. The van der Waals surface area contributed by atoms with Gasteiger partial charge in [0.15, 0.2) is 0 Å². The summed E-state index contributed by atoms with van der Waals surface area (Å²) in [6.07, 6.45) is 0. The summed E-state index contributed by atoms with van der Waals surface area (Å²) in [6.45, 7) is 0. The first-order chi connectivity index (χ1) is 5.04. The lowest BCUT2D eigenvalue weighted by Gasteiger charge is -1.95. The molecular weight excluding hydrogens is 201 g/mol. The van der Waals surface area contributed by atoms with Crippen molar-refractivity contribution in [2.45, 2.75) is 0 Å². The van der Waals surface area contributed by atoms with Gasteiger partial charge in [0.2, 0.25) is 17.5 Å². The standard InChI is InChI=1S/C5F5N.H2S/c6-1-2(7)4(9)11-5(10)3(1)8;/h;1H2. The molecule has 0 aromatic carbocycles. The molecule has 0 aliphatic heterocycles. The molecule has 0 bridgehead atoms. The number of pyridine rings is 1. The summed E-state index contributed by atoms with van der Waals surface area (Å²) in [4.78, 5) is 2.11. The third-order valence-corrected chi connectivity index (χ3v) is 0.944. The molecule has 68 valence electrons. The van der Waals surface area contributed by atoms with Crippen LogP contribution in [-0.2, 0) is 0 Å². The highest BCUT2D eigenvalue weighted by Gasteiger charge is 2.19. The van der Waals surface area contributed by atoms with E-state index in [1.54, 1.807) is 0 Å². The largest absolute Gasteiger partial charge is 0.254 e. The third-order valence-electron chi connectivity index (χ3n) is 0.944. The van der Waals surface area contributed by atoms with Crippen LogP contribution in [0, 0.1) is 29.3 Å². The second-order valence-corrected chi connectivity index (χ2v) is 1.64. The highest BCUT2D eigenvalue weighted by Crippen LogP contribution is 2.13. The monoisotopic (exact) mass is 203 g/mol. The van der Waals surface area contributed by atoms with Gasteiger partial charge in [-0.25, -0.2) is 4.39 Å². The normalized spacial score (nSPS) is 9.42. The molecule has 1 aromatic rings. The Morgan fingerprint density at radius 2 is 1.00 bits per heavy atom. The van der Waals surface area contributed by atoms with Crippen LogP contribution >= 0.6 is 13.5 Å². The van der Waals surface area contributed by atoms with Crippen molar-refractivity contribution in [3.05, 3.63) is 29.3 Å². The van der Waals surface area contributed by atoms with Gasteiger partial charge in [-0.2, -0.15) is 36.0 Å². The zero-order valence-corrected chi connectivity index (χ0v) is 6.34. The second-order valence-electron chi connectivity index (χ2n) is 1.64. The third kappa shape index (κ3) is 1.66. The van der Waals surface area contributed by atoms with Crippen molar-refractivity contribution in [1.82, 2.24) is 4.98 Å². The van der Waals surface area contributed by atoms with Gasteiger partial charge in [0.25, 0.3) is 11.9 Å². The van der Waals surface area contributed by atoms with Crippen LogP contribution in [0.25, 0.3) is 0 Å². The van der Waals surface area contributed by atoms with Crippen LogP contribution in [0.15, 0.2) is 0 Å². The molecule has 1 rings (SSSR count). The Balaban J connectivity index is 0.00000121. The SMILES string of the molecule is Fc1nc(F)c(F)c(F)c1F.S. The fourth-order valence-electron chi connectivity index (χ4n) is 0.462. The molecule has 7 heteroatoms. The van der Waals surface area contributed by atoms with Gasteiger partial charge in [-0.3, -0.25) is 0 Å². The van der Waals surface area contributed by atoms with Gasteiger partial charge in [0.1, 0.15) is 0 Å². The molecule has 0 aliphatic rings. The molecular formula is C5H2F5NS. The summed E-state index contributed by atoms with van der Waals surface area (Å²) in [6, 6.07) is 0. The molecule has 0 unspecified atom stereocenters. The van der Waals surface area contributed by atoms with Crippen LogP contribution in [0.5, 0.6) is 0 Å². The van der Waals surface area contributed by atoms with E-state index in [0.717, 1.165) is 0 Å². The van der Waals surface area contributed by atoms with E-state index in [4.69, 9.17) is 0 Å². The van der Waals surface area contributed by atoms with E-state index >= 15 is 0 Å². The fraction of sp³-hybridized carbons (Fsp3) is 0. The van der Waals surface area contributed by atoms with Crippen molar-refractivity contribution in [2.75, 3.05) is 0 Å². The molecule has 1 aromatic heterocycles. The lowest BCUT2D eigenvalue weighted by Crippen LogP contribution is -2.03. The highest BCUT2D eigenvalue weighted by molar-refractivity contribution is 7.59. The zero-order chi connectivity index (χ0) is 8.59. The van der Waals surface area contributed by atoms with Crippen LogP contribution < -0.4 is 0 Å². The summed E-state index contributed by atoms with van der Waals surface area (Å²) in [5, 5.41) is 0. The molecule has 0 N–H and O–H groups in total. The van der Waals surface area contributed by atoms with E-state index in [9.17, 15) is 22.0 Å². The van der Waals surface area contributed by atoms with E-state index < -0.39 is 29.3 Å². The molecule has 1 nitrogen and oxygen atoms in total. The van der Waals surface area contributed by atoms with Crippen molar-refractivity contribution >= 4 is 13.5 Å². The van der Waals surface area contributed by atoms with Gasteiger partial charge in [0.05, 0.1) is 0 Å². The minimum atomic E-state index is -2.20. The average molecular weight is 203 g/mol. The fourth-order valence-corrected chi connectivity index (χ4v) is 0.462. The molecule has 0 spiro atoms. The van der Waals surface area contributed by atoms with Crippen LogP contribution in [0.4, 0.5) is 22.0 Å². The number of hydrogen-bond acceptors (Lipinski definition) is 1. The number of hydrogen-bond donors (Lipinski definition) is 0. The van der Waals surface area contributed by atoms with Gasteiger partial charge in [-0.15, -0.1) is 0 Å². The number of rotatable bonds is 0. The number of halogens is 5. The minimum absolute atomic E-state index is 0. The Morgan fingerprint density at radius 1 is 0.667 bits per heavy atom. The van der Waals surface area contributed by atoms with Gasteiger partial charge in [-0.1, -0.05) is 0 Å². The Hall–Kier alpha value is -0.850. The Kier molecular flexibility index (Phi) is 3.44. The lowest BCUT2D eigenvalue weighted by molar-refractivity contribution is 0.348. The van der Waals surface area contributed by atoms with Crippen molar-refractivity contribution in [3.63, 3.8) is 0 Å². The summed E-state index contributed by atoms with van der Waals surface area (Å²) >= 11 is 0. The van der Waals surface area contributed by atoms with Crippen LogP contribution in [-0.4, -0.2) is 4.98 Å². The zero-order valence-electron chi connectivity index (χ0n) is 5.34. The van der Waals surface area contributed by atoms with Crippen molar-refractivity contribution < 1.29 is 22.0 Å². The maximum atomic E-state index is 12.0. The molecule has 1 heterocycles. The lowest BCUT2D eigenvalue weighted by atomic mass is 10.4. The smallest absolute Gasteiger partial charge is 0.200 e. The van der Waals surface area contributed by atoms with Gasteiger partial charge in [-0.05, 0) is 0 Å². The number of nitrogens with zero attached hydrogens (tertiary/aromatic N) is 1. The summed E-state index contributed by atoms with van der Waals surface area (Å²) < 4.78 is 59.7. The van der Waals surface area contributed by atoms with E-state index in [-0.39, 0.29) is 13.5 Å². The van der Waals surface area contributed by atoms with Crippen LogP contribution in [0.1, 0.15) is 0 Å². The van der Waals surface area contributed by atoms with Crippen molar-refractivity contribution in [3.8, 4) is 0 Å². The second kappa shape index (κ2) is 3.70. The molecule has 0 fully saturated rings. The van der Waals surface area contributed by atoms with E-state index in [0.29, 0.717) is 0 Å². The molecule has 0 aliphatic carbocycles. The predicted molar refractivity (Wildman–Crippen MR) is 34.4 cm³/mol. The summed E-state index contributed by atoms with van der Waals surface area (Å²) in [5.74, 6) is -10.4. The average Bonchev–Trinajstić information content (AvgIpc) is 1.97. The first kappa shape index (κ1) is 11.2. The first-order valence-corrected chi connectivity index (χ1v) is 2.39. The van der Waals surface area contributed by atoms with Gasteiger partial charge in [0, 0.05) is 0 Å². The quantitative estimate of drug-likeness (QED) is 0.463. The van der Waals surface area contributed by atoms with Gasteiger partial charge < -0.3 is 0 Å². The highest BCUT2D eigenvalue weighted by atomic mass is 32.1.